The summed E-state index contributed by atoms with van der Waals surface area (Å²) in [6.07, 6.45) is 1.30. The Balaban J connectivity index is 1.32. The molecule has 2 heterocycles. The maximum Gasteiger partial charge on any atom is 0.311 e. The highest BCUT2D eigenvalue weighted by Gasteiger charge is 2.30. The molecule has 0 spiro atoms. The van der Waals surface area contributed by atoms with Crippen molar-refractivity contribution >= 4 is 29.3 Å². The molecular weight excluding hydrogens is 410 g/mol. The van der Waals surface area contributed by atoms with Gasteiger partial charge in [-0.05, 0) is 55.3 Å². The fourth-order valence-corrected chi connectivity index (χ4v) is 3.66. The van der Waals surface area contributed by atoms with Crippen LogP contribution < -0.4 is 9.47 Å². The molecule has 156 valence electrons. The van der Waals surface area contributed by atoms with Gasteiger partial charge in [-0.25, -0.2) is 0 Å². The van der Waals surface area contributed by atoms with E-state index < -0.39 is 11.9 Å². The number of halogens is 1. The second-order valence-electron chi connectivity index (χ2n) is 7.20. The Morgan fingerprint density at radius 1 is 1.03 bits per heavy atom. The minimum Gasteiger partial charge on any atom is -0.457 e. The molecule has 0 radical (unpaired) electrons. The van der Waals surface area contributed by atoms with Crippen LogP contribution in [0, 0.1) is 5.92 Å². The van der Waals surface area contributed by atoms with Crippen molar-refractivity contribution < 1.29 is 28.6 Å². The first-order valence-corrected chi connectivity index (χ1v) is 10.0. The Kier molecular flexibility index (Phi) is 5.90. The summed E-state index contributed by atoms with van der Waals surface area (Å²) in [5, 5.41) is 0.554. The van der Waals surface area contributed by atoms with Crippen LogP contribution in [0.15, 0.2) is 42.5 Å². The molecule has 2 aliphatic heterocycles. The molecular formula is C22H20ClNO6. The van der Waals surface area contributed by atoms with E-state index in [4.69, 9.17) is 25.8 Å². The van der Waals surface area contributed by atoms with Gasteiger partial charge >= 0.3 is 5.97 Å². The van der Waals surface area contributed by atoms with Crippen LogP contribution in [0.4, 0.5) is 0 Å². The number of nitrogens with zero attached hydrogens (tertiary/aromatic N) is 1. The van der Waals surface area contributed by atoms with Crippen molar-refractivity contribution in [3.05, 3.63) is 58.6 Å². The summed E-state index contributed by atoms with van der Waals surface area (Å²) in [6, 6.07) is 11.5. The topological polar surface area (TPSA) is 82.1 Å². The quantitative estimate of drug-likeness (QED) is 0.535. The SMILES string of the molecule is O=C(COC(=O)[C@H]1CCCN(C(=O)c2ccc(Cl)cc2)C1)c1ccc2c(c1)OCO2. The number of Topliss-reactive ketones (excluding diaryl/α,β-unsaturated/α-hetero) is 1. The van der Waals surface area contributed by atoms with Crippen molar-refractivity contribution in [1.82, 2.24) is 4.90 Å². The van der Waals surface area contributed by atoms with Crippen molar-refractivity contribution in [2.45, 2.75) is 12.8 Å². The number of likely N-dealkylation sites (tertiary alicyclic amines) is 1. The Morgan fingerprint density at radius 3 is 2.57 bits per heavy atom. The zero-order valence-electron chi connectivity index (χ0n) is 16.1. The normalized spacial score (nSPS) is 17.5. The van der Waals surface area contributed by atoms with Crippen molar-refractivity contribution in [2.24, 2.45) is 5.92 Å². The number of amides is 1. The number of rotatable bonds is 5. The van der Waals surface area contributed by atoms with Gasteiger partial charge in [0, 0.05) is 29.2 Å². The van der Waals surface area contributed by atoms with Crippen LogP contribution in [0.1, 0.15) is 33.6 Å². The van der Waals surface area contributed by atoms with Gasteiger partial charge in [-0.3, -0.25) is 14.4 Å². The third-order valence-electron chi connectivity index (χ3n) is 5.17. The number of ether oxygens (including phenoxy) is 3. The Hall–Kier alpha value is -3.06. The Labute approximate surface area is 178 Å². The number of fused-ring (bicyclic) bond motifs is 1. The van der Waals surface area contributed by atoms with Crippen LogP contribution >= 0.6 is 11.6 Å². The van der Waals surface area contributed by atoms with E-state index in [9.17, 15) is 14.4 Å². The molecule has 0 saturated carbocycles. The molecule has 0 bridgehead atoms. The third kappa shape index (κ3) is 4.41. The number of esters is 1. The number of hydrogen-bond acceptors (Lipinski definition) is 6. The predicted octanol–water partition coefficient (Wildman–Crippen LogP) is 3.35. The van der Waals surface area contributed by atoms with E-state index in [2.05, 4.69) is 0 Å². The molecule has 0 aliphatic carbocycles. The van der Waals surface area contributed by atoms with E-state index in [0.29, 0.717) is 47.0 Å². The van der Waals surface area contributed by atoms with Crippen molar-refractivity contribution in [3.8, 4) is 11.5 Å². The van der Waals surface area contributed by atoms with Crippen LogP contribution in [0.3, 0.4) is 0 Å². The third-order valence-corrected chi connectivity index (χ3v) is 5.43. The number of ketones is 1. The standard InChI is InChI=1S/C22H20ClNO6/c23-17-6-3-14(4-7-17)21(26)24-9-1-2-16(11-24)22(27)28-12-18(25)15-5-8-19-20(10-15)30-13-29-19/h3-8,10,16H,1-2,9,11-13H2/t16-/m0/s1. The summed E-state index contributed by atoms with van der Waals surface area (Å²) in [5.74, 6) is -0.337. The fourth-order valence-electron chi connectivity index (χ4n) is 3.54. The summed E-state index contributed by atoms with van der Waals surface area (Å²) in [6.45, 7) is 0.592. The van der Waals surface area contributed by atoms with Gasteiger partial charge in [-0.1, -0.05) is 11.6 Å². The molecule has 2 aromatic carbocycles. The molecule has 4 rings (SSSR count). The van der Waals surface area contributed by atoms with Gasteiger partial charge in [0.1, 0.15) is 0 Å². The zero-order valence-corrected chi connectivity index (χ0v) is 16.9. The number of benzene rings is 2. The summed E-state index contributed by atoms with van der Waals surface area (Å²) in [7, 11) is 0. The highest BCUT2D eigenvalue weighted by atomic mass is 35.5. The van der Waals surface area contributed by atoms with Crippen LogP contribution in [-0.2, 0) is 9.53 Å². The van der Waals surface area contributed by atoms with E-state index in [-0.39, 0.29) is 31.6 Å². The van der Waals surface area contributed by atoms with Crippen LogP contribution in [0.25, 0.3) is 0 Å². The molecule has 7 nitrogen and oxygen atoms in total. The summed E-state index contributed by atoms with van der Waals surface area (Å²) < 4.78 is 15.7. The summed E-state index contributed by atoms with van der Waals surface area (Å²) in [4.78, 5) is 39.2. The molecule has 0 aromatic heterocycles. The molecule has 2 aromatic rings. The van der Waals surface area contributed by atoms with Crippen molar-refractivity contribution in [1.29, 1.82) is 0 Å². The highest BCUT2D eigenvalue weighted by Crippen LogP contribution is 2.32. The van der Waals surface area contributed by atoms with Crippen molar-refractivity contribution in [2.75, 3.05) is 26.5 Å². The molecule has 0 unspecified atom stereocenters. The molecule has 1 saturated heterocycles. The number of carbonyl (C=O) groups is 3. The van der Waals surface area contributed by atoms with Gasteiger partial charge < -0.3 is 19.1 Å². The van der Waals surface area contributed by atoms with E-state index in [1.54, 1.807) is 47.4 Å². The maximum atomic E-state index is 12.7. The van der Waals surface area contributed by atoms with Crippen LogP contribution in [0.5, 0.6) is 11.5 Å². The summed E-state index contributed by atoms with van der Waals surface area (Å²) in [5.41, 5.74) is 0.904. The van der Waals surface area contributed by atoms with Gasteiger partial charge in [-0.15, -0.1) is 0 Å². The molecule has 30 heavy (non-hydrogen) atoms. The van der Waals surface area contributed by atoms with E-state index in [1.165, 1.54) is 0 Å². The minimum atomic E-state index is -0.474. The second-order valence-corrected chi connectivity index (χ2v) is 7.63. The Bertz CT molecular complexity index is 974. The lowest BCUT2D eigenvalue weighted by atomic mass is 9.97. The van der Waals surface area contributed by atoms with Crippen molar-refractivity contribution in [3.63, 3.8) is 0 Å². The fraction of sp³-hybridized carbons (Fsp3) is 0.318. The first-order chi connectivity index (χ1) is 14.5. The number of carbonyl (C=O) groups excluding carboxylic acids is 3. The average Bonchev–Trinajstić information content (AvgIpc) is 3.25. The van der Waals surface area contributed by atoms with Crippen LogP contribution in [0.2, 0.25) is 5.02 Å². The van der Waals surface area contributed by atoms with Gasteiger partial charge in [0.15, 0.2) is 23.9 Å². The van der Waals surface area contributed by atoms with Gasteiger partial charge in [0.25, 0.3) is 5.91 Å². The minimum absolute atomic E-state index is 0.120. The molecule has 1 atom stereocenters. The van der Waals surface area contributed by atoms with E-state index >= 15 is 0 Å². The lowest BCUT2D eigenvalue weighted by Gasteiger charge is -2.31. The van der Waals surface area contributed by atoms with Gasteiger partial charge in [0.05, 0.1) is 5.92 Å². The lowest BCUT2D eigenvalue weighted by Crippen LogP contribution is -2.43. The van der Waals surface area contributed by atoms with Gasteiger partial charge in [-0.2, -0.15) is 0 Å². The average molecular weight is 430 g/mol. The first-order valence-electron chi connectivity index (χ1n) is 9.65. The molecule has 2 aliphatic rings. The Morgan fingerprint density at radius 2 is 1.77 bits per heavy atom. The number of piperidine rings is 1. The first kappa shape index (κ1) is 20.2. The molecule has 1 fully saturated rings. The van der Waals surface area contributed by atoms with E-state index in [0.717, 1.165) is 0 Å². The largest absolute Gasteiger partial charge is 0.457 e. The molecule has 8 heteroatoms. The van der Waals surface area contributed by atoms with E-state index in [1.807, 2.05) is 0 Å². The molecule has 0 N–H and O–H groups in total. The molecule has 1 amide bonds. The smallest absolute Gasteiger partial charge is 0.311 e. The number of hydrogen-bond donors (Lipinski definition) is 0. The maximum absolute atomic E-state index is 12.7. The highest BCUT2D eigenvalue weighted by molar-refractivity contribution is 6.30. The summed E-state index contributed by atoms with van der Waals surface area (Å²) >= 11 is 5.87. The van der Waals surface area contributed by atoms with Gasteiger partial charge in [0.2, 0.25) is 6.79 Å². The lowest BCUT2D eigenvalue weighted by molar-refractivity contribution is -0.148. The zero-order chi connectivity index (χ0) is 21.1. The monoisotopic (exact) mass is 429 g/mol. The van der Waals surface area contributed by atoms with Crippen LogP contribution in [-0.4, -0.2) is 49.0 Å². The second kappa shape index (κ2) is 8.75. The predicted molar refractivity (Wildman–Crippen MR) is 108 cm³/mol.